The highest BCUT2D eigenvalue weighted by atomic mass is 35.5. The largest absolute Gasteiger partial charge is 0.497 e. The van der Waals surface area contributed by atoms with Crippen LogP contribution in [-0.4, -0.2) is 23.8 Å². The van der Waals surface area contributed by atoms with Crippen LogP contribution in [0, 0.1) is 0 Å². The maximum absolute atomic E-state index is 5.64. The number of ether oxygens (including phenoxy) is 2. The Hall–Kier alpha value is -2.31. The second kappa shape index (κ2) is 9.26. The Morgan fingerprint density at radius 3 is 2.64 bits per heavy atom. The minimum Gasteiger partial charge on any atom is -0.497 e. The Morgan fingerprint density at radius 2 is 1.96 bits per heavy atom. The van der Waals surface area contributed by atoms with Gasteiger partial charge in [0.15, 0.2) is 4.80 Å². The molecule has 0 spiro atoms. The molecule has 2 aromatic heterocycles. The van der Waals surface area contributed by atoms with Crippen molar-refractivity contribution in [2.24, 2.45) is 4.99 Å². The SMILES string of the molecule is COc1ccc(OC)c(-c2csc(=Nc3cccnc3)n2C2CCCC2)c1.Cl. The first kappa shape index (κ1) is 20.4. The van der Waals surface area contributed by atoms with E-state index in [2.05, 4.69) is 14.9 Å². The third-order valence-corrected chi connectivity index (χ3v) is 5.82. The standard InChI is InChI=1S/C21H23N3O2S.ClH/c1-25-17-9-10-20(26-2)18(12-17)19-14-27-21(23-15-6-5-11-22-13-15)24(19)16-7-3-4-8-16;/h5-6,9-14,16H,3-4,7-8H2,1-2H3;1H. The number of hydrogen-bond acceptors (Lipinski definition) is 5. The van der Waals surface area contributed by atoms with E-state index in [-0.39, 0.29) is 12.4 Å². The lowest BCUT2D eigenvalue weighted by Crippen LogP contribution is -2.20. The quantitative estimate of drug-likeness (QED) is 0.558. The molecule has 1 fully saturated rings. The molecule has 148 valence electrons. The first-order valence-electron chi connectivity index (χ1n) is 9.17. The van der Waals surface area contributed by atoms with E-state index in [1.165, 1.54) is 25.7 Å². The van der Waals surface area contributed by atoms with Crippen molar-refractivity contribution >= 4 is 29.4 Å². The van der Waals surface area contributed by atoms with Crippen LogP contribution in [0.15, 0.2) is 53.1 Å². The molecule has 0 bridgehead atoms. The molecular weight excluding hydrogens is 394 g/mol. The minimum atomic E-state index is 0. The monoisotopic (exact) mass is 417 g/mol. The summed E-state index contributed by atoms with van der Waals surface area (Å²) >= 11 is 1.66. The zero-order chi connectivity index (χ0) is 18.6. The van der Waals surface area contributed by atoms with Crippen molar-refractivity contribution in [2.75, 3.05) is 14.2 Å². The van der Waals surface area contributed by atoms with Gasteiger partial charge in [-0.05, 0) is 43.2 Å². The number of thiazole rings is 1. The molecule has 5 nitrogen and oxygen atoms in total. The molecular formula is C21H24ClN3O2S. The Kier molecular flexibility index (Phi) is 6.75. The molecule has 1 aliphatic carbocycles. The highest BCUT2D eigenvalue weighted by Crippen LogP contribution is 2.38. The van der Waals surface area contributed by atoms with Crippen LogP contribution in [0.25, 0.3) is 11.3 Å². The summed E-state index contributed by atoms with van der Waals surface area (Å²) in [4.78, 5) is 10.1. The highest BCUT2D eigenvalue weighted by molar-refractivity contribution is 7.07. The van der Waals surface area contributed by atoms with Gasteiger partial charge in [0.25, 0.3) is 0 Å². The second-order valence-electron chi connectivity index (χ2n) is 6.60. The predicted molar refractivity (Wildman–Crippen MR) is 115 cm³/mol. The summed E-state index contributed by atoms with van der Waals surface area (Å²) in [7, 11) is 3.39. The van der Waals surface area contributed by atoms with Gasteiger partial charge in [-0.15, -0.1) is 23.7 Å². The van der Waals surface area contributed by atoms with Crippen LogP contribution in [0.2, 0.25) is 0 Å². The smallest absolute Gasteiger partial charge is 0.190 e. The van der Waals surface area contributed by atoms with Crippen molar-refractivity contribution in [2.45, 2.75) is 31.7 Å². The van der Waals surface area contributed by atoms with Crippen LogP contribution < -0.4 is 14.3 Å². The molecule has 1 aliphatic rings. The van der Waals surface area contributed by atoms with Crippen molar-refractivity contribution in [1.29, 1.82) is 0 Å². The van der Waals surface area contributed by atoms with E-state index in [1.54, 1.807) is 38.0 Å². The number of pyridine rings is 1. The summed E-state index contributed by atoms with van der Waals surface area (Å²) in [6.45, 7) is 0. The molecule has 0 saturated heterocycles. The summed E-state index contributed by atoms with van der Waals surface area (Å²) < 4.78 is 13.5. The van der Waals surface area contributed by atoms with Crippen LogP contribution in [-0.2, 0) is 0 Å². The predicted octanol–water partition coefficient (Wildman–Crippen LogP) is 5.40. The summed E-state index contributed by atoms with van der Waals surface area (Å²) in [5, 5.41) is 2.17. The Labute approximate surface area is 175 Å². The van der Waals surface area contributed by atoms with E-state index < -0.39 is 0 Å². The van der Waals surface area contributed by atoms with Gasteiger partial charge in [0.1, 0.15) is 11.5 Å². The topological polar surface area (TPSA) is 48.6 Å². The summed E-state index contributed by atoms with van der Waals surface area (Å²) in [5.41, 5.74) is 3.04. The number of nitrogens with zero attached hydrogens (tertiary/aromatic N) is 3. The van der Waals surface area contributed by atoms with Gasteiger partial charge in [0.05, 0.1) is 31.8 Å². The number of halogens is 1. The molecule has 1 saturated carbocycles. The lowest BCUT2D eigenvalue weighted by atomic mass is 10.1. The van der Waals surface area contributed by atoms with E-state index in [0.29, 0.717) is 6.04 Å². The Morgan fingerprint density at radius 1 is 1.14 bits per heavy atom. The number of benzene rings is 1. The van der Waals surface area contributed by atoms with Crippen molar-refractivity contribution in [1.82, 2.24) is 9.55 Å². The van der Waals surface area contributed by atoms with Crippen LogP contribution in [0.5, 0.6) is 11.5 Å². The number of aromatic nitrogens is 2. The van der Waals surface area contributed by atoms with E-state index in [0.717, 1.165) is 33.2 Å². The van der Waals surface area contributed by atoms with Gasteiger partial charge in [-0.25, -0.2) is 4.99 Å². The van der Waals surface area contributed by atoms with Gasteiger partial charge in [-0.1, -0.05) is 12.8 Å². The summed E-state index contributed by atoms with van der Waals surface area (Å²) in [5.74, 6) is 1.66. The van der Waals surface area contributed by atoms with Gasteiger partial charge >= 0.3 is 0 Å². The maximum Gasteiger partial charge on any atom is 0.190 e. The average molecular weight is 418 g/mol. The van der Waals surface area contributed by atoms with Crippen molar-refractivity contribution in [3.05, 3.63) is 52.9 Å². The Bertz CT molecular complexity index is 979. The normalized spacial score (nSPS) is 14.7. The van der Waals surface area contributed by atoms with E-state index in [4.69, 9.17) is 14.5 Å². The van der Waals surface area contributed by atoms with Crippen molar-refractivity contribution in [3.8, 4) is 22.8 Å². The van der Waals surface area contributed by atoms with Gasteiger partial charge in [0.2, 0.25) is 0 Å². The molecule has 1 aromatic carbocycles. The third kappa shape index (κ3) is 4.08. The molecule has 0 N–H and O–H groups in total. The zero-order valence-electron chi connectivity index (χ0n) is 16.0. The number of hydrogen-bond donors (Lipinski definition) is 0. The minimum absolute atomic E-state index is 0. The molecule has 0 radical (unpaired) electrons. The van der Waals surface area contributed by atoms with Crippen LogP contribution in [0.1, 0.15) is 31.7 Å². The lowest BCUT2D eigenvalue weighted by Gasteiger charge is -2.18. The van der Waals surface area contributed by atoms with Crippen molar-refractivity contribution < 1.29 is 9.47 Å². The second-order valence-corrected chi connectivity index (χ2v) is 7.44. The summed E-state index contributed by atoms with van der Waals surface area (Å²) in [6, 6.07) is 10.3. The van der Waals surface area contributed by atoms with Crippen molar-refractivity contribution in [3.63, 3.8) is 0 Å². The molecule has 4 rings (SSSR count). The number of methoxy groups -OCH3 is 2. The van der Waals surface area contributed by atoms with Crippen LogP contribution in [0.4, 0.5) is 5.69 Å². The molecule has 0 unspecified atom stereocenters. The zero-order valence-corrected chi connectivity index (χ0v) is 17.6. The van der Waals surface area contributed by atoms with E-state index in [1.807, 2.05) is 30.3 Å². The first-order valence-corrected chi connectivity index (χ1v) is 10.1. The molecule has 2 heterocycles. The number of rotatable bonds is 5. The molecule has 0 aliphatic heterocycles. The fourth-order valence-corrected chi connectivity index (χ4v) is 4.64. The molecule has 0 atom stereocenters. The molecule has 28 heavy (non-hydrogen) atoms. The molecule has 0 amide bonds. The van der Waals surface area contributed by atoms with Crippen LogP contribution in [0.3, 0.4) is 0 Å². The average Bonchev–Trinajstić information content (AvgIpc) is 3.38. The van der Waals surface area contributed by atoms with Crippen LogP contribution >= 0.6 is 23.7 Å². The van der Waals surface area contributed by atoms with Gasteiger partial charge in [-0.2, -0.15) is 0 Å². The molecule has 7 heteroatoms. The fraction of sp³-hybridized carbons (Fsp3) is 0.333. The van der Waals surface area contributed by atoms with Gasteiger partial charge in [-0.3, -0.25) is 4.98 Å². The summed E-state index contributed by atoms with van der Waals surface area (Å²) in [6.07, 6.45) is 8.44. The van der Waals surface area contributed by atoms with Gasteiger partial charge < -0.3 is 14.0 Å². The van der Waals surface area contributed by atoms with E-state index >= 15 is 0 Å². The Balaban J connectivity index is 0.00000225. The highest BCUT2D eigenvalue weighted by Gasteiger charge is 2.23. The molecule has 3 aromatic rings. The maximum atomic E-state index is 5.64. The lowest BCUT2D eigenvalue weighted by molar-refractivity contribution is 0.403. The fourth-order valence-electron chi connectivity index (χ4n) is 3.66. The van der Waals surface area contributed by atoms with E-state index in [9.17, 15) is 0 Å². The first-order chi connectivity index (χ1) is 13.3. The van der Waals surface area contributed by atoms with Gasteiger partial charge in [0, 0.05) is 23.2 Å². The third-order valence-electron chi connectivity index (χ3n) is 4.98.